The van der Waals surface area contributed by atoms with Crippen molar-refractivity contribution in [1.29, 1.82) is 0 Å². The number of benzene rings is 2. The zero-order valence-corrected chi connectivity index (χ0v) is 24.3. The molecule has 4 aliphatic carbocycles. The molecule has 0 aliphatic heterocycles. The van der Waals surface area contributed by atoms with Gasteiger partial charge in [-0.3, -0.25) is 10.2 Å². The zero-order valence-electron chi connectivity index (χ0n) is 24.3. The molecule has 2 saturated carbocycles. The fraction of sp³-hybridized carbons (Fsp3) is 0.314. The van der Waals surface area contributed by atoms with Crippen LogP contribution in [0.3, 0.4) is 0 Å². The smallest absolute Gasteiger partial charge is 0.117 e. The van der Waals surface area contributed by atoms with Crippen molar-refractivity contribution in [2.45, 2.75) is 50.4 Å². The monoisotopic (exact) mass is 572 g/mol. The summed E-state index contributed by atoms with van der Waals surface area (Å²) in [5.74, 6) is 1.67. The second-order valence-electron chi connectivity index (χ2n) is 11.8. The molecule has 2 fully saturated rings. The molecule has 8 heteroatoms. The highest BCUT2D eigenvalue weighted by Gasteiger charge is 2.34. The maximum Gasteiger partial charge on any atom is 0.117 e. The standard InChI is InChI=1S/C18H19N3O.C17H17N3O/c1-22-21-17(13-7-8-13)18-15-10-9-14(11-16(15)19-20-18)12-5-3-2-4-6-12;21-20-16(12-6-7-12)17-14-9-8-13(10-15(14)18-19-17)11-4-2-1-3-5-11/h2-6,9-10,13-14H,7-8,11H2,1H3,(H,19,20);1-5,8-9,12-13,21H,6-7,10H2,(H,18,19). The number of hydrogen-bond acceptors (Lipinski definition) is 6. The second kappa shape index (κ2) is 11.9. The Kier molecular flexibility index (Phi) is 7.49. The Hall–Kier alpha value is -4.72. The first kappa shape index (κ1) is 27.1. The van der Waals surface area contributed by atoms with Crippen LogP contribution in [-0.2, 0) is 17.7 Å². The van der Waals surface area contributed by atoms with Crippen LogP contribution in [0.2, 0.25) is 0 Å². The van der Waals surface area contributed by atoms with Gasteiger partial charge in [-0.2, -0.15) is 10.2 Å². The molecule has 2 aromatic heterocycles. The third kappa shape index (κ3) is 5.69. The SMILES string of the molecule is CON=C(c1n[nH]c2c1C=CC(c1ccccc1)C2)C1CC1.ON=C(c1n[nH]c2c1C=CC(c1ccccc1)C2)C1CC1. The van der Waals surface area contributed by atoms with Crippen LogP contribution in [0.25, 0.3) is 12.2 Å². The van der Waals surface area contributed by atoms with Crippen LogP contribution in [-0.4, -0.2) is 44.1 Å². The number of rotatable bonds is 7. The quantitative estimate of drug-likeness (QED) is 0.127. The summed E-state index contributed by atoms with van der Waals surface area (Å²) in [6.07, 6.45) is 15.2. The second-order valence-corrected chi connectivity index (χ2v) is 11.8. The van der Waals surface area contributed by atoms with Gasteiger partial charge in [0.15, 0.2) is 0 Å². The lowest BCUT2D eigenvalue weighted by molar-refractivity contribution is 0.212. The maximum absolute atomic E-state index is 9.25. The van der Waals surface area contributed by atoms with Gasteiger partial charge in [0.05, 0.1) is 0 Å². The fourth-order valence-corrected chi connectivity index (χ4v) is 6.14. The molecule has 8 rings (SSSR count). The van der Waals surface area contributed by atoms with Gasteiger partial charge in [0.25, 0.3) is 0 Å². The van der Waals surface area contributed by atoms with Gasteiger partial charge in [0.1, 0.15) is 29.9 Å². The average Bonchev–Trinajstić information content (AvgIpc) is 4.00. The summed E-state index contributed by atoms with van der Waals surface area (Å²) in [6.45, 7) is 0. The van der Waals surface area contributed by atoms with Crippen molar-refractivity contribution in [3.05, 3.63) is 118 Å². The number of nitrogens with zero attached hydrogens (tertiary/aromatic N) is 4. The predicted molar refractivity (Wildman–Crippen MR) is 168 cm³/mol. The highest BCUT2D eigenvalue weighted by Crippen LogP contribution is 2.38. The van der Waals surface area contributed by atoms with Crippen LogP contribution >= 0.6 is 0 Å². The maximum atomic E-state index is 9.25. The Morgan fingerprint density at radius 1 is 0.721 bits per heavy atom. The van der Waals surface area contributed by atoms with E-state index in [9.17, 15) is 5.21 Å². The number of allylic oxidation sites excluding steroid dienone is 2. The molecule has 0 amide bonds. The first-order chi connectivity index (χ1) is 21.2. The van der Waals surface area contributed by atoms with Gasteiger partial charge in [-0.15, -0.1) is 0 Å². The number of fused-ring (bicyclic) bond motifs is 2. The number of aromatic amines is 2. The molecule has 2 heterocycles. The molecule has 43 heavy (non-hydrogen) atoms. The molecular formula is C35H36N6O2. The van der Waals surface area contributed by atoms with Crippen molar-refractivity contribution < 1.29 is 10.0 Å². The molecule has 4 aliphatic rings. The Morgan fingerprint density at radius 2 is 1.19 bits per heavy atom. The summed E-state index contributed by atoms with van der Waals surface area (Å²) in [4.78, 5) is 5.02. The van der Waals surface area contributed by atoms with Gasteiger partial charge in [-0.1, -0.05) is 95.3 Å². The molecule has 0 spiro atoms. The van der Waals surface area contributed by atoms with Crippen molar-refractivity contribution in [2.24, 2.45) is 22.1 Å². The van der Waals surface area contributed by atoms with E-state index in [1.807, 2.05) is 6.07 Å². The minimum absolute atomic E-state index is 0.377. The highest BCUT2D eigenvalue weighted by molar-refractivity contribution is 6.05. The molecule has 0 bridgehead atoms. The van der Waals surface area contributed by atoms with Crippen molar-refractivity contribution in [3.63, 3.8) is 0 Å². The molecule has 2 aromatic carbocycles. The van der Waals surface area contributed by atoms with E-state index >= 15 is 0 Å². The summed E-state index contributed by atoms with van der Waals surface area (Å²) in [6, 6.07) is 21.1. The molecular weight excluding hydrogens is 536 g/mol. The van der Waals surface area contributed by atoms with E-state index in [1.165, 1.54) is 35.2 Å². The van der Waals surface area contributed by atoms with Crippen molar-refractivity contribution in [2.75, 3.05) is 7.11 Å². The Morgan fingerprint density at radius 3 is 1.63 bits per heavy atom. The normalized spacial score (nSPS) is 21.0. The molecule has 2 unspecified atom stereocenters. The average molecular weight is 573 g/mol. The van der Waals surface area contributed by atoms with Crippen LogP contribution in [0.15, 0.2) is 83.1 Å². The van der Waals surface area contributed by atoms with Crippen molar-refractivity contribution >= 4 is 23.6 Å². The van der Waals surface area contributed by atoms with Gasteiger partial charge < -0.3 is 10.0 Å². The number of aromatic nitrogens is 4. The van der Waals surface area contributed by atoms with E-state index in [0.717, 1.165) is 59.8 Å². The predicted octanol–water partition coefficient (Wildman–Crippen LogP) is 6.87. The van der Waals surface area contributed by atoms with E-state index in [4.69, 9.17) is 4.84 Å². The summed E-state index contributed by atoms with van der Waals surface area (Å²) >= 11 is 0. The molecule has 8 nitrogen and oxygen atoms in total. The van der Waals surface area contributed by atoms with Crippen LogP contribution in [0, 0.1) is 11.8 Å². The first-order valence-electron chi connectivity index (χ1n) is 15.2. The van der Waals surface area contributed by atoms with E-state index in [2.05, 4.69) is 110 Å². The largest absolute Gasteiger partial charge is 0.411 e. The van der Waals surface area contributed by atoms with Crippen LogP contribution < -0.4 is 0 Å². The number of hydrogen-bond donors (Lipinski definition) is 3. The van der Waals surface area contributed by atoms with Crippen LogP contribution in [0.4, 0.5) is 0 Å². The molecule has 0 radical (unpaired) electrons. The van der Waals surface area contributed by atoms with E-state index in [1.54, 1.807) is 7.11 Å². The number of H-pyrrole nitrogens is 2. The molecule has 218 valence electrons. The molecule has 0 saturated heterocycles. The number of oxime groups is 2. The Bertz CT molecular complexity index is 1690. The Balaban J connectivity index is 0.000000140. The zero-order chi connectivity index (χ0) is 29.2. The topological polar surface area (TPSA) is 112 Å². The lowest BCUT2D eigenvalue weighted by Gasteiger charge is -2.17. The molecule has 2 atom stereocenters. The van der Waals surface area contributed by atoms with E-state index in [-0.39, 0.29) is 0 Å². The first-order valence-corrected chi connectivity index (χ1v) is 15.2. The van der Waals surface area contributed by atoms with Gasteiger partial charge >= 0.3 is 0 Å². The van der Waals surface area contributed by atoms with Crippen molar-refractivity contribution in [3.8, 4) is 0 Å². The lowest BCUT2D eigenvalue weighted by atomic mass is 9.87. The van der Waals surface area contributed by atoms with Gasteiger partial charge in [0, 0.05) is 59.0 Å². The minimum atomic E-state index is 0.377. The minimum Gasteiger partial charge on any atom is -0.411 e. The lowest BCUT2D eigenvalue weighted by Crippen LogP contribution is -2.09. The van der Waals surface area contributed by atoms with Gasteiger partial charge in [-0.05, 0) is 36.8 Å². The fourth-order valence-electron chi connectivity index (χ4n) is 6.14. The van der Waals surface area contributed by atoms with E-state index in [0.29, 0.717) is 23.7 Å². The summed E-state index contributed by atoms with van der Waals surface area (Å²) in [5.41, 5.74) is 10.7. The van der Waals surface area contributed by atoms with Crippen LogP contribution in [0.1, 0.15) is 82.5 Å². The molecule has 3 N–H and O–H groups in total. The summed E-state index contributed by atoms with van der Waals surface area (Å²) in [5, 5.41) is 32.2. The summed E-state index contributed by atoms with van der Waals surface area (Å²) in [7, 11) is 1.60. The van der Waals surface area contributed by atoms with Crippen LogP contribution in [0.5, 0.6) is 0 Å². The molecule has 4 aromatic rings. The summed E-state index contributed by atoms with van der Waals surface area (Å²) < 4.78 is 0. The third-order valence-electron chi connectivity index (χ3n) is 8.77. The van der Waals surface area contributed by atoms with Crippen molar-refractivity contribution in [1.82, 2.24) is 20.4 Å². The van der Waals surface area contributed by atoms with Gasteiger partial charge in [0.2, 0.25) is 0 Å². The van der Waals surface area contributed by atoms with Gasteiger partial charge in [-0.25, -0.2) is 0 Å². The highest BCUT2D eigenvalue weighted by atomic mass is 16.6. The third-order valence-corrected chi connectivity index (χ3v) is 8.77. The number of nitrogens with one attached hydrogen (secondary N) is 2. The van der Waals surface area contributed by atoms with E-state index < -0.39 is 0 Å². The Labute approximate surface area is 251 Å².